The van der Waals surface area contributed by atoms with Crippen molar-refractivity contribution in [2.24, 2.45) is 5.92 Å². The van der Waals surface area contributed by atoms with Crippen LogP contribution >= 0.6 is 0 Å². The molecule has 0 bridgehead atoms. The maximum Gasteiger partial charge on any atom is 0.223 e. The van der Waals surface area contributed by atoms with E-state index in [9.17, 15) is 4.79 Å². The predicted molar refractivity (Wildman–Crippen MR) is 63.7 cm³/mol. The van der Waals surface area contributed by atoms with Gasteiger partial charge < -0.3 is 5.32 Å². The molecule has 15 heavy (non-hydrogen) atoms. The standard InChI is InChI=1S/C13H25NO/c1-2-3-4-5-6-9-12-10-7-8-11-14-13(12)15/h12H,2-11H2,1H3,(H,14,15). The summed E-state index contributed by atoms with van der Waals surface area (Å²) in [4.78, 5) is 11.6. The Bertz CT molecular complexity index is 179. The van der Waals surface area contributed by atoms with Crippen molar-refractivity contribution >= 4 is 5.91 Å². The lowest BCUT2D eigenvalue weighted by atomic mass is 9.95. The monoisotopic (exact) mass is 211 g/mol. The molecule has 0 aromatic heterocycles. The third-order valence-electron chi connectivity index (χ3n) is 3.31. The molecule has 0 aliphatic carbocycles. The van der Waals surface area contributed by atoms with Crippen molar-refractivity contribution in [2.45, 2.75) is 64.7 Å². The van der Waals surface area contributed by atoms with Gasteiger partial charge in [0.15, 0.2) is 0 Å². The summed E-state index contributed by atoms with van der Waals surface area (Å²) in [6.45, 7) is 3.13. The number of carbonyl (C=O) groups excluding carboxylic acids is 1. The third kappa shape index (κ3) is 5.19. The molecule has 0 aromatic carbocycles. The summed E-state index contributed by atoms with van der Waals surface area (Å²) in [7, 11) is 0. The van der Waals surface area contributed by atoms with Crippen molar-refractivity contribution in [3.63, 3.8) is 0 Å². The largest absolute Gasteiger partial charge is 0.356 e. The van der Waals surface area contributed by atoms with E-state index in [0.717, 1.165) is 25.8 Å². The first kappa shape index (κ1) is 12.5. The summed E-state index contributed by atoms with van der Waals surface area (Å²) in [5, 5.41) is 3.01. The molecule has 1 rings (SSSR count). The molecule has 1 atom stereocenters. The summed E-state index contributed by atoms with van der Waals surface area (Å²) in [5.41, 5.74) is 0. The molecule has 1 heterocycles. The highest BCUT2D eigenvalue weighted by atomic mass is 16.1. The van der Waals surface area contributed by atoms with Crippen molar-refractivity contribution in [1.82, 2.24) is 5.32 Å². The first-order chi connectivity index (χ1) is 7.34. The average Bonchev–Trinajstić information content (AvgIpc) is 2.44. The SMILES string of the molecule is CCCCCCCC1CCCCNC1=O. The van der Waals surface area contributed by atoms with Crippen LogP contribution < -0.4 is 5.32 Å². The molecule has 2 nitrogen and oxygen atoms in total. The van der Waals surface area contributed by atoms with E-state index in [1.807, 2.05) is 0 Å². The van der Waals surface area contributed by atoms with E-state index in [0.29, 0.717) is 11.8 Å². The summed E-state index contributed by atoms with van der Waals surface area (Å²) < 4.78 is 0. The summed E-state index contributed by atoms with van der Waals surface area (Å²) in [6.07, 6.45) is 11.1. The molecule has 1 amide bonds. The average molecular weight is 211 g/mol. The highest BCUT2D eigenvalue weighted by Crippen LogP contribution is 2.19. The van der Waals surface area contributed by atoms with Crippen LogP contribution in [0.25, 0.3) is 0 Å². The van der Waals surface area contributed by atoms with Gasteiger partial charge in [-0.3, -0.25) is 4.79 Å². The molecule has 2 heteroatoms. The van der Waals surface area contributed by atoms with Crippen LogP contribution in [0.2, 0.25) is 0 Å². The van der Waals surface area contributed by atoms with E-state index >= 15 is 0 Å². The predicted octanol–water partition coefficient (Wildman–Crippen LogP) is 3.26. The maximum atomic E-state index is 11.6. The van der Waals surface area contributed by atoms with Crippen LogP contribution in [0.1, 0.15) is 64.7 Å². The fraction of sp³-hybridized carbons (Fsp3) is 0.923. The minimum Gasteiger partial charge on any atom is -0.356 e. The second-order valence-corrected chi connectivity index (χ2v) is 4.69. The van der Waals surface area contributed by atoms with E-state index in [1.165, 1.54) is 38.5 Å². The number of hydrogen-bond donors (Lipinski definition) is 1. The van der Waals surface area contributed by atoms with Crippen LogP contribution in [0.5, 0.6) is 0 Å². The van der Waals surface area contributed by atoms with E-state index < -0.39 is 0 Å². The van der Waals surface area contributed by atoms with E-state index in [4.69, 9.17) is 0 Å². The van der Waals surface area contributed by atoms with Gasteiger partial charge in [0.2, 0.25) is 5.91 Å². The smallest absolute Gasteiger partial charge is 0.223 e. The number of nitrogens with one attached hydrogen (secondary N) is 1. The molecule has 1 aliphatic rings. The zero-order valence-corrected chi connectivity index (χ0v) is 10.1. The number of rotatable bonds is 6. The highest BCUT2D eigenvalue weighted by Gasteiger charge is 2.19. The van der Waals surface area contributed by atoms with E-state index in [-0.39, 0.29) is 0 Å². The van der Waals surface area contributed by atoms with Crippen molar-refractivity contribution in [3.8, 4) is 0 Å². The van der Waals surface area contributed by atoms with Crippen LogP contribution in [-0.4, -0.2) is 12.5 Å². The normalized spacial score (nSPS) is 22.2. The first-order valence-electron chi connectivity index (χ1n) is 6.62. The molecule has 1 saturated heterocycles. The molecule has 88 valence electrons. The molecule has 0 aromatic rings. The first-order valence-corrected chi connectivity index (χ1v) is 6.62. The van der Waals surface area contributed by atoms with Crippen molar-refractivity contribution < 1.29 is 4.79 Å². The molecular weight excluding hydrogens is 186 g/mol. The van der Waals surface area contributed by atoms with Crippen LogP contribution in [0.4, 0.5) is 0 Å². The Morgan fingerprint density at radius 1 is 1.20 bits per heavy atom. The van der Waals surface area contributed by atoms with Crippen LogP contribution in [0.3, 0.4) is 0 Å². The molecule has 1 unspecified atom stereocenters. The fourth-order valence-corrected chi connectivity index (χ4v) is 2.27. The fourth-order valence-electron chi connectivity index (χ4n) is 2.27. The molecule has 1 fully saturated rings. The van der Waals surface area contributed by atoms with Crippen molar-refractivity contribution in [3.05, 3.63) is 0 Å². The third-order valence-corrected chi connectivity index (χ3v) is 3.31. The van der Waals surface area contributed by atoms with Crippen LogP contribution in [-0.2, 0) is 4.79 Å². The van der Waals surface area contributed by atoms with Gasteiger partial charge in [-0.2, -0.15) is 0 Å². The lowest BCUT2D eigenvalue weighted by Crippen LogP contribution is -2.28. The lowest BCUT2D eigenvalue weighted by Gasteiger charge is -2.12. The summed E-state index contributed by atoms with van der Waals surface area (Å²) >= 11 is 0. The van der Waals surface area contributed by atoms with Gasteiger partial charge >= 0.3 is 0 Å². The highest BCUT2D eigenvalue weighted by molar-refractivity contribution is 5.78. The Balaban J connectivity index is 2.10. The Hall–Kier alpha value is -0.530. The summed E-state index contributed by atoms with van der Waals surface area (Å²) in [6, 6.07) is 0. The Kier molecular flexibility index (Phi) is 6.45. The number of hydrogen-bond acceptors (Lipinski definition) is 1. The van der Waals surface area contributed by atoms with Gasteiger partial charge in [-0.1, -0.05) is 45.4 Å². The van der Waals surface area contributed by atoms with Gasteiger partial charge in [-0.05, 0) is 19.3 Å². The lowest BCUT2D eigenvalue weighted by molar-refractivity contribution is -0.124. The second kappa shape index (κ2) is 7.72. The van der Waals surface area contributed by atoms with Crippen molar-refractivity contribution in [2.75, 3.05) is 6.54 Å². The Morgan fingerprint density at radius 3 is 2.80 bits per heavy atom. The Labute approximate surface area is 93.8 Å². The van der Waals surface area contributed by atoms with Gasteiger partial charge in [0.1, 0.15) is 0 Å². The Morgan fingerprint density at radius 2 is 2.00 bits per heavy atom. The topological polar surface area (TPSA) is 29.1 Å². The zero-order valence-electron chi connectivity index (χ0n) is 10.1. The summed E-state index contributed by atoms with van der Waals surface area (Å²) in [5.74, 6) is 0.622. The quantitative estimate of drug-likeness (QED) is 0.671. The minimum atomic E-state index is 0.308. The van der Waals surface area contributed by atoms with E-state index in [1.54, 1.807) is 0 Å². The minimum absolute atomic E-state index is 0.308. The maximum absolute atomic E-state index is 11.6. The van der Waals surface area contributed by atoms with Gasteiger partial charge in [0.05, 0.1) is 0 Å². The van der Waals surface area contributed by atoms with E-state index in [2.05, 4.69) is 12.2 Å². The molecule has 0 saturated carbocycles. The zero-order chi connectivity index (χ0) is 10.9. The molecule has 1 aliphatic heterocycles. The number of amides is 1. The van der Waals surface area contributed by atoms with Crippen LogP contribution in [0, 0.1) is 5.92 Å². The second-order valence-electron chi connectivity index (χ2n) is 4.69. The van der Waals surface area contributed by atoms with Gasteiger partial charge in [-0.15, -0.1) is 0 Å². The van der Waals surface area contributed by atoms with Gasteiger partial charge in [0.25, 0.3) is 0 Å². The van der Waals surface area contributed by atoms with Gasteiger partial charge in [0, 0.05) is 12.5 Å². The molecular formula is C13H25NO. The van der Waals surface area contributed by atoms with Gasteiger partial charge in [-0.25, -0.2) is 0 Å². The molecule has 1 N–H and O–H groups in total. The number of carbonyl (C=O) groups is 1. The van der Waals surface area contributed by atoms with Crippen molar-refractivity contribution in [1.29, 1.82) is 0 Å². The van der Waals surface area contributed by atoms with Crippen LogP contribution in [0.15, 0.2) is 0 Å². The molecule has 0 spiro atoms. The molecule has 0 radical (unpaired) electrons. The number of unbranched alkanes of at least 4 members (excludes halogenated alkanes) is 4.